The van der Waals surface area contributed by atoms with Gasteiger partial charge < -0.3 is 14.6 Å². The van der Waals surface area contributed by atoms with Gasteiger partial charge in [0.25, 0.3) is 0 Å². The molecule has 3 atom stereocenters. The van der Waals surface area contributed by atoms with Crippen LogP contribution in [0.2, 0.25) is 0 Å². The van der Waals surface area contributed by atoms with Crippen LogP contribution in [0.1, 0.15) is 36.1 Å². The Bertz CT molecular complexity index is 1240. The van der Waals surface area contributed by atoms with Crippen LogP contribution in [0.4, 0.5) is 5.69 Å². The number of nitrogens with zero attached hydrogens (tertiary/aromatic N) is 1. The number of nitrogens with one attached hydrogen (secondary N) is 1. The second-order valence-electron chi connectivity index (χ2n) is 8.30. The number of ether oxygens (including phenoxy) is 1. The Kier molecular flexibility index (Phi) is 4.00. The minimum Gasteiger partial charge on any atom is -0.378 e. The lowest BCUT2D eigenvalue weighted by Gasteiger charge is -2.43. The van der Waals surface area contributed by atoms with E-state index in [0.29, 0.717) is 5.92 Å². The molecule has 3 aromatic carbocycles. The molecule has 2 unspecified atom stereocenters. The maximum Gasteiger partial charge on any atom is 0.0896 e. The summed E-state index contributed by atoms with van der Waals surface area (Å²) in [6.45, 7) is 0.849. The molecule has 4 aromatic rings. The van der Waals surface area contributed by atoms with Crippen molar-refractivity contribution in [2.45, 2.75) is 25.0 Å². The summed E-state index contributed by atoms with van der Waals surface area (Å²) >= 11 is 3.63. The average molecular weight is 447 g/mol. The van der Waals surface area contributed by atoms with Gasteiger partial charge in [0, 0.05) is 57.1 Å². The predicted octanol–water partition coefficient (Wildman–Crippen LogP) is 6.73. The highest BCUT2D eigenvalue weighted by atomic mass is 79.9. The summed E-state index contributed by atoms with van der Waals surface area (Å²) < 4.78 is 9.72. The number of halogens is 1. The Balaban J connectivity index is 1.51. The molecule has 0 amide bonds. The van der Waals surface area contributed by atoms with E-state index in [-0.39, 0.29) is 12.1 Å². The third kappa shape index (κ3) is 2.66. The van der Waals surface area contributed by atoms with Gasteiger partial charge in [-0.25, -0.2) is 0 Å². The molecule has 2 aliphatic heterocycles. The van der Waals surface area contributed by atoms with Crippen molar-refractivity contribution < 1.29 is 4.74 Å². The molecule has 0 radical (unpaired) electrons. The number of hydrogen-bond donors (Lipinski definition) is 1. The maximum atomic E-state index is 6.31. The van der Waals surface area contributed by atoms with Crippen LogP contribution in [0, 0.1) is 5.92 Å². The maximum absolute atomic E-state index is 6.31. The second-order valence-corrected chi connectivity index (χ2v) is 9.22. The summed E-state index contributed by atoms with van der Waals surface area (Å²) in [6.07, 6.45) is 2.46. The summed E-state index contributed by atoms with van der Waals surface area (Å²) in [7, 11) is 2.16. The van der Waals surface area contributed by atoms with E-state index in [0.717, 1.165) is 17.5 Å². The molecular weight excluding hydrogens is 424 g/mol. The fourth-order valence-corrected chi connectivity index (χ4v) is 5.73. The Morgan fingerprint density at radius 1 is 1.00 bits per heavy atom. The summed E-state index contributed by atoms with van der Waals surface area (Å²) in [5, 5.41) is 6.51. The lowest BCUT2D eigenvalue weighted by Crippen LogP contribution is -2.36. The number of anilines is 1. The summed E-state index contributed by atoms with van der Waals surface area (Å²) in [5.74, 6) is 0.443. The van der Waals surface area contributed by atoms with Gasteiger partial charge in [0.2, 0.25) is 0 Å². The second kappa shape index (κ2) is 6.61. The summed E-state index contributed by atoms with van der Waals surface area (Å²) in [6, 6.07) is 22.4. The van der Waals surface area contributed by atoms with Crippen molar-refractivity contribution in [1.82, 2.24) is 4.57 Å². The molecule has 0 bridgehead atoms. The van der Waals surface area contributed by atoms with Gasteiger partial charge in [-0.05, 0) is 54.8 Å². The van der Waals surface area contributed by atoms with E-state index in [1.807, 2.05) is 0 Å². The Morgan fingerprint density at radius 3 is 2.79 bits per heavy atom. The zero-order valence-electron chi connectivity index (χ0n) is 16.4. The van der Waals surface area contributed by atoms with Gasteiger partial charge in [-0.2, -0.15) is 0 Å². The van der Waals surface area contributed by atoms with Gasteiger partial charge in [0.15, 0.2) is 0 Å². The first-order valence-electron chi connectivity index (χ1n) is 10.4. The Labute approximate surface area is 178 Å². The van der Waals surface area contributed by atoms with Crippen LogP contribution in [-0.2, 0) is 11.8 Å². The Hall–Kier alpha value is -2.30. The number of hydrogen-bond acceptors (Lipinski definition) is 2. The average Bonchev–Trinajstić information content (AvgIpc) is 3.05. The highest BCUT2D eigenvalue weighted by molar-refractivity contribution is 9.10. The van der Waals surface area contributed by atoms with Crippen LogP contribution in [0.3, 0.4) is 0 Å². The lowest BCUT2D eigenvalue weighted by atomic mass is 9.77. The normalized spacial score (nSPS) is 23.6. The first-order chi connectivity index (χ1) is 14.2. The lowest BCUT2D eigenvalue weighted by molar-refractivity contribution is -0.0381. The topological polar surface area (TPSA) is 26.2 Å². The van der Waals surface area contributed by atoms with E-state index in [9.17, 15) is 0 Å². The molecule has 0 saturated carbocycles. The van der Waals surface area contributed by atoms with Crippen molar-refractivity contribution in [3.8, 4) is 0 Å². The highest BCUT2D eigenvalue weighted by Crippen LogP contribution is 2.50. The molecule has 4 heteroatoms. The molecule has 1 fully saturated rings. The minimum absolute atomic E-state index is 0.158. The largest absolute Gasteiger partial charge is 0.378 e. The van der Waals surface area contributed by atoms with Crippen LogP contribution in [-0.4, -0.2) is 11.2 Å². The van der Waals surface area contributed by atoms with E-state index in [1.165, 1.54) is 45.0 Å². The van der Waals surface area contributed by atoms with Gasteiger partial charge in [0.05, 0.1) is 12.1 Å². The molecule has 1 saturated heterocycles. The smallest absolute Gasteiger partial charge is 0.0896 e. The first-order valence-corrected chi connectivity index (χ1v) is 11.1. The molecule has 0 spiro atoms. The number of para-hydroxylation sites is 1. The van der Waals surface area contributed by atoms with Crippen LogP contribution in [0.15, 0.2) is 65.1 Å². The van der Waals surface area contributed by atoms with Crippen molar-refractivity contribution in [3.63, 3.8) is 0 Å². The van der Waals surface area contributed by atoms with Crippen LogP contribution in [0.25, 0.3) is 21.8 Å². The van der Waals surface area contributed by atoms with Crippen molar-refractivity contribution in [2.24, 2.45) is 13.0 Å². The zero-order chi connectivity index (χ0) is 19.5. The molecule has 3 heterocycles. The number of aromatic nitrogens is 1. The van der Waals surface area contributed by atoms with Gasteiger partial charge in [-0.15, -0.1) is 0 Å². The Morgan fingerprint density at radius 2 is 1.86 bits per heavy atom. The number of benzene rings is 3. The minimum atomic E-state index is 0.158. The molecule has 6 rings (SSSR count). The van der Waals surface area contributed by atoms with Crippen molar-refractivity contribution in [2.75, 3.05) is 11.9 Å². The molecule has 0 aliphatic carbocycles. The molecule has 146 valence electrons. The molecular formula is C25H23BrN2O. The quantitative estimate of drug-likeness (QED) is 0.350. The van der Waals surface area contributed by atoms with Crippen LogP contribution in [0.5, 0.6) is 0 Å². The van der Waals surface area contributed by atoms with Gasteiger partial charge in [0.1, 0.15) is 0 Å². The fraction of sp³-hybridized carbons (Fsp3) is 0.280. The van der Waals surface area contributed by atoms with Crippen LogP contribution >= 0.6 is 15.9 Å². The highest BCUT2D eigenvalue weighted by Gasteiger charge is 2.40. The van der Waals surface area contributed by atoms with E-state index >= 15 is 0 Å². The summed E-state index contributed by atoms with van der Waals surface area (Å²) in [5.41, 5.74) is 6.39. The molecule has 1 N–H and O–H groups in total. The predicted molar refractivity (Wildman–Crippen MR) is 122 cm³/mol. The van der Waals surface area contributed by atoms with Crippen molar-refractivity contribution in [3.05, 3.63) is 76.3 Å². The number of rotatable bonds is 1. The molecule has 1 aromatic heterocycles. The zero-order valence-corrected chi connectivity index (χ0v) is 17.9. The molecule has 29 heavy (non-hydrogen) atoms. The van der Waals surface area contributed by atoms with Crippen molar-refractivity contribution >= 4 is 43.4 Å². The fourth-order valence-electron chi connectivity index (χ4n) is 5.35. The molecule has 3 nitrogen and oxygen atoms in total. The first kappa shape index (κ1) is 17.5. The van der Waals surface area contributed by atoms with Gasteiger partial charge in [-0.3, -0.25) is 0 Å². The van der Waals surface area contributed by atoms with E-state index in [1.54, 1.807) is 0 Å². The number of fused-ring (bicyclic) bond motifs is 6. The third-order valence-corrected chi connectivity index (χ3v) is 7.22. The third-order valence-electron chi connectivity index (χ3n) is 6.72. The number of aryl methyl sites for hydroxylation is 1. The summed E-state index contributed by atoms with van der Waals surface area (Å²) in [4.78, 5) is 0. The monoisotopic (exact) mass is 446 g/mol. The van der Waals surface area contributed by atoms with E-state index in [4.69, 9.17) is 4.74 Å². The standard InChI is InChI=1S/C25H23BrN2O/c1-28-22-7-3-2-5-17(22)19-13-15(8-11-23(19)28)24-18-6-4-12-29-25(18)20-14-16(26)9-10-21(20)27-24/h2-3,5,7-11,13-14,18,24-25,27H,4,6,12H2,1H3/t18?,24-,25?/m0/s1. The SMILES string of the molecule is Cn1c2ccccc2c2cc([C@@H]3Nc4ccc(Br)cc4C4OCCCC43)ccc21. The van der Waals surface area contributed by atoms with Crippen LogP contribution < -0.4 is 5.32 Å². The molecule has 2 aliphatic rings. The van der Waals surface area contributed by atoms with Gasteiger partial charge >= 0.3 is 0 Å². The van der Waals surface area contributed by atoms with Crippen molar-refractivity contribution in [1.29, 1.82) is 0 Å². The van der Waals surface area contributed by atoms with Gasteiger partial charge in [-0.1, -0.05) is 40.2 Å². The van der Waals surface area contributed by atoms with E-state index < -0.39 is 0 Å². The van der Waals surface area contributed by atoms with E-state index in [2.05, 4.69) is 93.5 Å².